The Balaban J connectivity index is 1.92. The average molecular weight is 318 g/mol. The molecule has 0 saturated carbocycles. The van der Waals surface area contributed by atoms with Crippen LogP contribution in [0.3, 0.4) is 0 Å². The van der Waals surface area contributed by atoms with E-state index in [1.807, 2.05) is 6.92 Å². The van der Waals surface area contributed by atoms with Crippen LogP contribution in [0.5, 0.6) is 0 Å². The number of alkyl halides is 3. The van der Waals surface area contributed by atoms with Crippen molar-refractivity contribution in [2.24, 2.45) is 0 Å². The Morgan fingerprint density at radius 1 is 1.36 bits per heavy atom. The Hall–Kier alpha value is -1.90. The summed E-state index contributed by atoms with van der Waals surface area (Å²) in [4.78, 5) is 21.2. The first-order valence-corrected chi connectivity index (χ1v) is 6.91. The standard InChI is InChI=1S/C13H17F3N4O2/c1-2-10-17-7-9(8-18-10)19-11(21)20-5-3-12(22,4-6-20)13(14,15)16/h7-8,22H,2-6H2,1H3,(H,19,21). The molecule has 0 spiro atoms. The van der Waals surface area contributed by atoms with Gasteiger partial charge in [0.2, 0.25) is 0 Å². The summed E-state index contributed by atoms with van der Waals surface area (Å²) in [6.45, 7) is 1.55. The number of amides is 2. The molecule has 1 aromatic heterocycles. The first-order valence-electron chi connectivity index (χ1n) is 6.91. The number of aryl methyl sites for hydroxylation is 1. The summed E-state index contributed by atoms with van der Waals surface area (Å²) in [6, 6.07) is -0.530. The summed E-state index contributed by atoms with van der Waals surface area (Å²) >= 11 is 0. The molecule has 1 saturated heterocycles. The molecule has 0 bridgehead atoms. The maximum Gasteiger partial charge on any atom is 0.417 e. The summed E-state index contributed by atoms with van der Waals surface area (Å²) in [5, 5.41) is 12.1. The van der Waals surface area contributed by atoms with Crippen LogP contribution in [0.25, 0.3) is 0 Å². The van der Waals surface area contributed by atoms with Crippen LogP contribution in [0.2, 0.25) is 0 Å². The number of aromatic nitrogens is 2. The minimum atomic E-state index is -4.68. The lowest BCUT2D eigenvalue weighted by molar-refractivity contribution is -0.271. The second kappa shape index (κ2) is 6.07. The molecule has 2 rings (SSSR count). The van der Waals surface area contributed by atoms with E-state index in [9.17, 15) is 23.1 Å². The van der Waals surface area contributed by atoms with Gasteiger partial charge in [-0.2, -0.15) is 13.2 Å². The van der Waals surface area contributed by atoms with Gasteiger partial charge in [0.15, 0.2) is 5.60 Å². The molecule has 122 valence electrons. The highest BCUT2D eigenvalue weighted by molar-refractivity contribution is 5.89. The summed E-state index contributed by atoms with van der Waals surface area (Å²) in [5.74, 6) is 0.631. The molecular formula is C13H17F3N4O2. The molecule has 9 heteroatoms. The van der Waals surface area contributed by atoms with E-state index in [1.54, 1.807) is 0 Å². The Labute approximate surface area is 125 Å². The van der Waals surface area contributed by atoms with Crippen molar-refractivity contribution >= 4 is 11.7 Å². The highest BCUT2D eigenvalue weighted by atomic mass is 19.4. The van der Waals surface area contributed by atoms with Crippen LogP contribution in [0.15, 0.2) is 12.4 Å². The molecule has 0 radical (unpaired) electrons. The lowest BCUT2D eigenvalue weighted by Gasteiger charge is -2.38. The molecule has 1 fully saturated rings. The van der Waals surface area contributed by atoms with Crippen LogP contribution in [-0.2, 0) is 6.42 Å². The van der Waals surface area contributed by atoms with Crippen LogP contribution in [0, 0.1) is 0 Å². The van der Waals surface area contributed by atoms with Gasteiger partial charge >= 0.3 is 12.2 Å². The molecule has 6 nitrogen and oxygen atoms in total. The predicted octanol–water partition coefficient (Wildman–Crippen LogP) is 1.96. The first-order chi connectivity index (χ1) is 10.2. The normalized spacial score (nSPS) is 18.1. The van der Waals surface area contributed by atoms with Gasteiger partial charge in [-0.05, 0) is 0 Å². The van der Waals surface area contributed by atoms with Crippen LogP contribution in [-0.4, -0.2) is 50.9 Å². The number of urea groups is 1. The number of carbonyl (C=O) groups is 1. The molecule has 2 N–H and O–H groups in total. The molecule has 0 unspecified atom stereocenters. The van der Waals surface area contributed by atoms with Crippen LogP contribution < -0.4 is 5.32 Å². The van der Waals surface area contributed by atoms with Gasteiger partial charge in [-0.25, -0.2) is 14.8 Å². The number of nitrogens with one attached hydrogen (secondary N) is 1. The Bertz CT molecular complexity index is 525. The molecule has 0 atom stereocenters. The first kappa shape index (κ1) is 16.5. The van der Waals surface area contributed by atoms with E-state index in [0.717, 1.165) is 0 Å². The Morgan fingerprint density at radius 3 is 2.36 bits per heavy atom. The third-order valence-corrected chi connectivity index (χ3v) is 3.68. The molecule has 22 heavy (non-hydrogen) atoms. The number of halogens is 3. The van der Waals surface area contributed by atoms with Gasteiger partial charge in [0, 0.05) is 32.4 Å². The fraction of sp³-hybridized carbons (Fsp3) is 0.615. The van der Waals surface area contributed by atoms with Crippen molar-refractivity contribution in [3.8, 4) is 0 Å². The second-order valence-electron chi connectivity index (χ2n) is 5.19. The lowest BCUT2D eigenvalue weighted by atomic mass is 9.91. The van der Waals surface area contributed by atoms with Gasteiger partial charge in [0.25, 0.3) is 0 Å². The van der Waals surface area contributed by atoms with E-state index < -0.39 is 30.7 Å². The van der Waals surface area contributed by atoms with Crippen molar-refractivity contribution in [2.45, 2.75) is 38.0 Å². The quantitative estimate of drug-likeness (QED) is 0.874. The number of nitrogens with zero attached hydrogens (tertiary/aromatic N) is 3. The number of aliphatic hydroxyl groups is 1. The number of likely N-dealkylation sites (tertiary alicyclic amines) is 1. The molecule has 1 aromatic rings. The maximum absolute atomic E-state index is 12.7. The van der Waals surface area contributed by atoms with E-state index >= 15 is 0 Å². The van der Waals surface area contributed by atoms with Gasteiger partial charge in [0.1, 0.15) is 5.82 Å². The maximum atomic E-state index is 12.7. The van der Waals surface area contributed by atoms with E-state index in [2.05, 4.69) is 15.3 Å². The van der Waals surface area contributed by atoms with Crippen molar-refractivity contribution < 1.29 is 23.1 Å². The minimum Gasteiger partial charge on any atom is -0.380 e. The second-order valence-corrected chi connectivity index (χ2v) is 5.19. The van der Waals surface area contributed by atoms with Crippen LogP contribution in [0.4, 0.5) is 23.7 Å². The van der Waals surface area contributed by atoms with Gasteiger partial charge in [0.05, 0.1) is 18.1 Å². The highest BCUT2D eigenvalue weighted by Gasteiger charge is 2.54. The third-order valence-electron chi connectivity index (χ3n) is 3.68. The van der Waals surface area contributed by atoms with Crippen molar-refractivity contribution in [1.82, 2.24) is 14.9 Å². The number of hydrogen-bond donors (Lipinski definition) is 2. The largest absolute Gasteiger partial charge is 0.417 e. The van der Waals surface area contributed by atoms with E-state index in [0.29, 0.717) is 17.9 Å². The SMILES string of the molecule is CCc1ncc(NC(=O)N2CCC(O)(C(F)(F)F)CC2)cn1. The van der Waals surface area contributed by atoms with Gasteiger partial charge in [-0.15, -0.1) is 0 Å². The average Bonchev–Trinajstić information content (AvgIpc) is 2.47. The van der Waals surface area contributed by atoms with Crippen molar-refractivity contribution in [3.63, 3.8) is 0 Å². The van der Waals surface area contributed by atoms with Gasteiger partial charge in [-0.1, -0.05) is 6.92 Å². The van der Waals surface area contributed by atoms with E-state index in [-0.39, 0.29) is 13.1 Å². The van der Waals surface area contributed by atoms with Crippen molar-refractivity contribution in [2.75, 3.05) is 18.4 Å². The zero-order valence-electron chi connectivity index (χ0n) is 12.0. The molecule has 2 heterocycles. The van der Waals surface area contributed by atoms with Crippen molar-refractivity contribution in [1.29, 1.82) is 0 Å². The molecule has 0 aliphatic carbocycles. The zero-order chi connectivity index (χ0) is 16.4. The lowest BCUT2D eigenvalue weighted by Crippen LogP contribution is -2.55. The Morgan fingerprint density at radius 2 is 1.91 bits per heavy atom. The van der Waals surface area contributed by atoms with Crippen LogP contribution >= 0.6 is 0 Å². The Kier molecular flexibility index (Phi) is 4.55. The monoisotopic (exact) mass is 318 g/mol. The fourth-order valence-electron chi connectivity index (χ4n) is 2.17. The van der Waals surface area contributed by atoms with Gasteiger partial charge < -0.3 is 15.3 Å². The number of hydrogen-bond acceptors (Lipinski definition) is 4. The molecule has 2 amide bonds. The van der Waals surface area contributed by atoms with E-state index in [4.69, 9.17) is 0 Å². The van der Waals surface area contributed by atoms with Crippen molar-refractivity contribution in [3.05, 3.63) is 18.2 Å². The summed E-state index contributed by atoms with van der Waals surface area (Å²) in [6.07, 6.45) is -2.19. The van der Waals surface area contributed by atoms with Gasteiger partial charge in [-0.3, -0.25) is 0 Å². The highest BCUT2D eigenvalue weighted by Crippen LogP contribution is 2.38. The summed E-state index contributed by atoms with van der Waals surface area (Å²) < 4.78 is 38.1. The van der Waals surface area contributed by atoms with Crippen LogP contribution in [0.1, 0.15) is 25.6 Å². The molecule has 0 aromatic carbocycles. The number of rotatable bonds is 2. The minimum absolute atomic E-state index is 0.171. The zero-order valence-corrected chi connectivity index (χ0v) is 12.0. The van der Waals surface area contributed by atoms with E-state index in [1.165, 1.54) is 17.3 Å². The summed E-state index contributed by atoms with van der Waals surface area (Å²) in [5.41, 5.74) is -2.34. The molecular weight excluding hydrogens is 301 g/mol. The fourth-order valence-corrected chi connectivity index (χ4v) is 2.17. The molecule has 1 aliphatic heterocycles. The number of piperidine rings is 1. The summed E-state index contributed by atoms with van der Waals surface area (Å²) in [7, 11) is 0. The predicted molar refractivity (Wildman–Crippen MR) is 72.2 cm³/mol. The third kappa shape index (κ3) is 3.46. The smallest absolute Gasteiger partial charge is 0.380 e. The number of anilines is 1. The topological polar surface area (TPSA) is 78.4 Å². The molecule has 1 aliphatic rings. The number of carbonyl (C=O) groups excluding carboxylic acids is 1.